The number of nitrogens with zero attached hydrogens (tertiary/aromatic N) is 1. The van der Waals surface area contributed by atoms with E-state index in [1.54, 1.807) is 12.2 Å². The van der Waals surface area contributed by atoms with Crippen LogP contribution in [0.15, 0.2) is 42.2 Å². The molecule has 1 aromatic carbocycles. The van der Waals surface area contributed by atoms with Crippen molar-refractivity contribution in [2.24, 2.45) is 0 Å². The number of para-hydroxylation sites is 1. The van der Waals surface area contributed by atoms with Crippen LogP contribution in [0.25, 0.3) is 0 Å². The average Bonchev–Trinajstić information content (AvgIpc) is 2.52. The van der Waals surface area contributed by atoms with Crippen LogP contribution in [0.1, 0.15) is 6.42 Å². The molecular formula is C14H16N2O6+2. The highest BCUT2D eigenvalue weighted by molar-refractivity contribution is 5.97. The topological polar surface area (TPSA) is 127 Å². The molecule has 1 aliphatic rings. The van der Waals surface area contributed by atoms with E-state index in [1.165, 1.54) is 24.3 Å². The maximum atomic E-state index is 10.6. The van der Waals surface area contributed by atoms with Crippen molar-refractivity contribution < 1.29 is 40.4 Å². The number of phenols is 1. The van der Waals surface area contributed by atoms with Crippen molar-refractivity contribution in [3.8, 4) is 5.75 Å². The predicted octanol–water partition coefficient (Wildman–Crippen LogP) is 0.396. The summed E-state index contributed by atoms with van der Waals surface area (Å²) >= 11 is 0. The molecule has 0 aromatic heterocycles. The fourth-order valence-corrected chi connectivity index (χ4v) is 2.00. The van der Waals surface area contributed by atoms with E-state index >= 15 is 0 Å². The van der Waals surface area contributed by atoms with E-state index in [1.807, 2.05) is 0 Å². The summed E-state index contributed by atoms with van der Waals surface area (Å²) in [6.07, 6.45) is 5.24. The summed E-state index contributed by atoms with van der Waals surface area (Å²) in [5.41, 5.74) is 1.13. The number of hydrogen-bond acceptors (Lipinski definition) is 5. The highest BCUT2D eigenvalue weighted by Gasteiger charge is 2.30. The Labute approximate surface area is 125 Å². The SMILES string of the molecule is O=C(O)COC1=CC=CC/C1=[N+](/O)c1cccc(O)c1[NH2+]O. The van der Waals surface area contributed by atoms with Gasteiger partial charge >= 0.3 is 11.7 Å². The second-order valence-electron chi connectivity index (χ2n) is 4.44. The molecule has 0 radical (unpaired) electrons. The largest absolute Gasteiger partial charge is 0.502 e. The molecule has 8 heteroatoms. The zero-order chi connectivity index (χ0) is 16.1. The molecule has 1 aliphatic carbocycles. The highest BCUT2D eigenvalue weighted by Crippen LogP contribution is 2.29. The van der Waals surface area contributed by atoms with Crippen molar-refractivity contribution in [1.82, 2.24) is 0 Å². The van der Waals surface area contributed by atoms with Gasteiger partial charge in [0.1, 0.15) is 0 Å². The van der Waals surface area contributed by atoms with Gasteiger partial charge in [0, 0.05) is 10.8 Å². The van der Waals surface area contributed by atoms with Crippen LogP contribution in [0.5, 0.6) is 5.75 Å². The van der Waals surface area contributed by atoms with Gasteiger partial charge in [0.15, 0.2) is 18.1 Å². The van der Waals surface area contributed by atoms with Gasteiger partial charge in [-0.05, 0) is 12.1 Å². The minimum Gasteiger partial charge on any atom is -0.502 e. The van der Waals surface area contributed by atoms with Crippen LogP contribution in [0.2, 0.25) is 0 Å². The van der Waals surface area contributed by atoms with E-state index in [0.29, 0.717) is 11.9 Å². The van der Waals surface area contributed by atoms with E-state index in [0.717, 1.165) is 4.74 Å². The van der Waals surface area contributed by atoms with Crippen LogP contribution in [-0.2, 0) is 9.53 Å². The van der Waals surface area contributed by atoms with Gasteiger partial charge in [-0.2, -0.15) is 5.48 Å². The van der Waals surface area contributed by atoms with Gasteiger partial charge in [0.05, 0.1) is 6.42 Å². The molecule has 0 amide bonds. The number of allylic oxidation sites excluding steroid dienone is 4. The third-order valence-electron chi connectivity index (χ3n) is 3.00. The Hall–Kier alpha value is -2.84. The van der Waals surface area contributed by atoms with E-state index in [2.05, 4.69) is 0 Å². The molecule has 116 valence electrons. The predicted molar refractivity (Wildman–Crippen MR) is 73.6 cm³/mol. The third kappa shape index (κ3) is 3.25. The Kier molecular flexibility index (Phi) is 4.77. The minimum absolute atomic E-state index is 0.0321. The van der Waals surface area contributed by atoms with Crippen molar-refractivity contribution in [2.75, 3.05) is 6.61 Å². The first-order valence-electron chi connectivity index (χ1n) is 6.40. The number of rotatable bonds is 5. The Morgan fingerprint density at radius 3 is 2.86 bits per heavy atom. The van der Waals surface area contributed by atoms with Crippen LogP contribution >= 0.6 is 0 Å². The zero-order valence-electron chi connectivity index (χ0n) is 11.5. The average molecular weight is 308 g/mol. The number of benzene rings is 1. The van der Waals surface area contributed by atoms with Gasteiger partial charge in [-0.15, -0.1) is 0 Å². The standard InChI is InChI=1S/C14H14N2O6/c17-11-6-3-5-10(14(11)15-20)16(21)9-4-1-2-7-12(9)22-8-13(18)19/h1-3,5-7,15,20H,4,8H2,(H2-,17,18,19,21)/p+2/b16-9-. The first-order chi connectivity index (χ1) is 10.5. The number of ether oxygens (including phenoxy) is 1. The number of nitrogens with two attached hydrogens (primary N) is 1. The molecule has 8 nitrogen and oxygen atoms in total. The number of carbonyl (C=O) groups is 1. The Morgan fingerprint density at radius 1 is 1.41 bits per heavy atom. The summed E-state index contributed by atoms with van der Waals surface area (Å²) in [7, 11) is 0. The molecule has 0 unspecified atom stereocenters. The molecule has 22 heavy (non-hydrogen) atoms. The molecule has 0 bridgehead atoms. The fraction of sp³-hybridized carbons (Fsp3) is 0.143. The summed E-state index contributed by atoms with van der Waals surface area (Å²) in [6, 6.07) is 4.35. The minimum atomic E-state index is -1.14. The van der Waals surface area contributed by atoms with Gasteiger partial charge < -0.3 is 14.9 Å². The van der Waals surface area contributed by atoms with Crippen LogP contribution in [0.4, 0.5) is 11.4 Å². The number of hydrogen-bond donors (Lipinski definition) is 5. The number of carboxylic acids is 1. The molecule has 0 saturated carbocycles. The molecular weight excluding hydrogens is 292 g/mol. The molecule has 0 heterocycles. The van der Waals surface area contributed by atoms with Crippen molar-refractivity contribution in [3.63, 3.8) is 0 Å². The molecule has 0 saturated heterocycles. The van der Waals surface area contributed by atoms with E-state index in [4.69, 9.17) is 9.84 Å². The van der Waals surface area contributed by atoms with Gasteiger partial charge in [-0.1, -0.05) is 18.2 Å². The second kappa shape index (κ2) is 6.74. The first kappa shape index (κ1) is 15.5. The lowest BCUT2D eigenvalue weighted by Crippen LogP contribution is -2.74. The number of phenolic OH excluding ortho intramolecular Hbond substituents is 1. The van der Waals surface area contributed by atoms with Crippen molar-refractivity contribution in [2.45, 2.75) is 6.42 Å². The molecule has 2 rings (SSSR count). The molecule has 1 aromatic rings. The van der Waals surface area contributed by atoms with Crippen LogP contribution in [0, 0.1) is 0 Å². The Bertz CT molecular complexity index is 678. The maximum Gasteiger partial charge on any atom is 0.341 e. The summed E-state index contributed by atoms with van der Waals surface area (Å²) in [4.78, 5) is 10.6. The van der Waals surface area contributed by atoms with E-state index < -0.39 is 12.6 Å². The van der Waals surface area contributed by atoms with Crippen molar-refractivity contribution in [3.05, 3.63) is 42.2 Å². The van der Waals surface area contributed by atoms with Gasteiger partial charge in [0.25, 0.3) is 11.4 Å². The molecule has 6 N–H and O–H groups in total. The number of carboxylic acid groups (broad SMARTS) is 1. The summed E-state index contributed by atoms with van der Waals surface area (Å²) in [6.45, 7) is -0.546. The van der Waals surface area contributed by atoms with Crippen LogP contribution in [0.3, 0.4) is 0 Å². The normalized spacial score (nSPS) is 16.1. The zero-order valence-corrected chi connectivity index (χ0v) is 11.5. The van der Waals surface area contributed by atoms with E-state index in [-0.39, 0.29) is 28.6 Å². The summed E-state index contributed by atoms with van der Waals surface area (Å²) in [5.74, 6) is -1.15. The molecule has 0 aliphatic heterocycles. The van der Waals surface area contributed by atoms with Gasteiger partial charge in [0.2, 0.25) is 0 Å². The van der Waals surface area contributed by atoms with Crippen LogP contribution < -0.4 is 5.48 Å². The first-order valence-corrected chi connectivity index (χ1v) is 6.40. The monoisotopic (exact) mass is 308 g/mol. The van der Waals surface area contributed by atoms with Gasteiger partial charge in [-0.25, -0.2) is 10.0 Å². The second-order valence-corrected chi connectivity index (χ2v) is 4.44. The lowest BCUT2D eigenvalue weighted by Gasteiger charge is -2.10. The number of aromatic hydroxyl groups is 1. The van der Waals surface area contributed by atoms with Crippen LogP contribution in [-0.4, -0.2) is 43.7 Å². The maximum absolute atomic E-state index is 10.6. The quantitative estimate of drug-likeness (QED) is 0.176. The van der Waals surface area contributed by atoms with Crippen molar-refractivity contribution in [1.29, 1.82) is 0 Å². The smallest absolute Gasteiger partial charge is 0.341 e. The number of aliphatic carboxylic acids is 1. The molecule has 0 spiro atoms. The van der Waals surface area contributed by atoms with E-state index in [9.17, 15) is 20.3 Å². The summed E-state index contributed by atoms with van der Waals surface area (Å²) in [5, 5.41) is 38.0. The molecule has 0 fully saturated rings. The van der Waals surface area contributed by atoms with Gasteiger partial charge in [-0.3, -0.25) is 5.21 Å². The lowest BCUT2D eigenvalue weighted by molar-refractivity contribution is -0.830. The summed E-state index contributed by atoms with van der Waals surface area (Å²) < 4.78 is 5.89. The number of quaternary nitrogens is 1. The Balaban J connectivity index is 2.43. The van der Waals surface area contributed by atoms with Crippen molar-refractivity contribution >= 4 is 23.1 Å². The lowest BCUT2D eigenvalue weighted by atomic mass is 10.1. The third-order valence-corrected chi connectivity index (χ3v) is 3.00. The Morgan fingerprint density at radius 2 is 2.18 bits per heavy atom. The highest BCUT2D eigenvalue weighted by atomic mass is 16.5. The fourth-order valence-electron chi connectivity index (χ4n) is 2.00. The molecule has 0 atom stereocenters.